The summed E-state index contributed by atoms with van der Waals surface area (Å²) >= 11 is 0. The molecule has 8 heteroatoms. The Morgan fingerprint density at radius 3 is 2.59 bits per heavy atom. The van der Waals surface area contributed by atoms with E-state index in [1.165, 1.54) is 12.1 Å². The van der Waals surface area contributed by atoms with Gasteiger partial charge in [0.15, 0.2) is 5.82 Å². The Kier molecular flexibility index (Phi) is 6.05. The molecule has 0 saturated heterocycles. The average Bonchev–Trinajstić information content (AvgIpc) is 3.12. The van der Waals surface area contributed by atoms with Crippen LogP contribution in [0.2, 0.25) is 0 Å². The first-order chi connectivity index (χ1) is 15.4. The number of nitrogens with zero attached hydrogens (tertiary/aromatic N) is 5. The van der Waals surface area contributed by atoms with Gasteiger partial charge >= 0.3 is 0 Å². The number of halogens is 1. The zero-order valence-electron chi connectivity index (χ0n) is 18.9. The molecule has 32 heavy (non-hydrogen) atoms. The quantitative estimate of drug-likeness (QED) is 0.475. The fourth-order valence-electron chi connectivity index (χ4n) is 3.84. The maximum Gasteiger partial charge on any atom is 0.179 e. The lowest BCUT2D eigenvalue weighted by Gasteiger charge is -2.20. The Hall–Kier alpha value is -3.52. The van der Waals surface area contributed by atoms with Crippen molar-refractivity contribution in [2.24, 2.45) is 0 Å². The summed E-state index contributed by atoms with van der Waals surface area (Å²) in [6.45, 7) is 4.50. The molecule has 0 bridgehead atoms. The van der Waals surface area contributed by atoms with Crippen LogP contribution in [-0.4, -0.2) is 47.7 Å². The van der Waals surface area contributed by atoms with Crippen molar-refractivity contribution < 1.29 is 9.13 Å². The SMILES string of the molecule is CNCC(Oc1cccc(-n2nc3c(N(C)C)nnc(C)c3c2C)c1)c1cccc(F)c1. The Balaban J connectivity index is 1.73. The molecule has 0 amide bonds. The lowest BCUT2D eigenvalue weighted by atomic mass is 10.1. The minimum atomic E-state index is -0.334. The number of nitrogens with one attached hydrogen (secondary N) is 1. The number of aryl methyl sites for hydroxylation is 2. The third-order valence-corrected chi connectivity index (χ3v) is 5.36. The first kappa shape index (κ1) is 21.7. The van der Waals surface area contributed by atoms with Crippen LogP contribution in [-0.2, 0) is 0 Å². The predicted octanol–water partition coefficient (Wildman–Crippen LogP) is 3.98. The van der Waals surface area contributed by atoms with Gasteiger partial charge in [0.2, 0.25) is 0 Å². The van der Waals surface area contributed by atoms with E-state index in [2.05, 4.69) is 15.5 Å². The van der Waals surface area contributed by atoms with Crippen molar-refractivity contribution in [3.05, 3.63) is 71.3 Å². The summed E-state index contributed by atoms with van der Waals surface area (Å²) in [6, 6.07) is 14.2. The van der Waals surface area contributed by atoms with Crippen molar-refractivity contribution in [3.8, 4) is 11.4 Å². The van der Waals surface area contributed by atoms with E-state index >= 15 is 0 Å². The predicted molar refractivity (Wildman–Crippen MR) is 124 cm³/mol. The standard InChI is InChI=1S/C24H27FN6O/c1-15-22-16(2)31(29-23(22)24(28-27-15)30(4)5)19-10-7-11-20(13-19)32-21(14-26-3)17-8-6-9-18(25)12-17/h6-13,21,26H,14H2,1-5H3. The van der Waals surface area contributed by atoms with Crippen LogP contribution in [0.1, 0.15) is 23.1 Å². The smallest absolute Gasteiger partial charge is 0.179 e. The summed E-state index contributed by atoms with van der Waals surface area (Å²) in [5.74, 6) is 1.11. The van der Waals surface area contributed by atoms with Gasteiger partial charge in [0, 0.05) is 26.7 Å². The molecule has 1 unspecified atom stereocenters. The second-order valence-corrected chi connectivity index (χ2v) is 7.94. The van der Waals surface area contributed by atoms with Gasteiger partial charge in [-0.1, -0.05) is 18.2 Å². The molecule has 1 atom stereocenters. The Morgan fingerprint density at radius 2 is 1.88 bits per heavy atom. The van der Waals surface area contributed by atoms with Gasteiger partial charge in [-0.2, -0.15) is 10.2 Å². The molecule has 0 radical (unpaired) electrons. The van der Waals surface area contributed by atoms with E-state index < -0.39 is 0 Å². The number of rotatable bonds is 7. The van der Waals surface area contributed by atoms with Crippen LogP contribution in [0.25, 0.3) is 16.6 Å². The number of fused-ring (bicyclic) bond motifs is 1. The maximum absolute atomic E-state index is 13.8. The van der Waals surface area contributed by atoms with Crippen molar-refractivity contribution in [2.75, 3.05) is 32.6 Å². The first-order valence-corrected chi connectivity index (χ1v) is 10.5. The zero-order valence-corrected chi connectivity index (χ0v) is 18.9. The van der Waals surface area contributed by atoms with Gasteiger partial charge < -0.3 is 15.0 Å². The van der Waals surface area contributed by atoms with E-state index in [0.29, 0.717) is 12.3 Å². The van der Waals surface area contributed by atoms with E-state index in [4.69, 9.17) is 9.84 Å². The number of aromatic nitrogens is 4. The van der Waals surface area contributed by atoms with Gasteiger partial charge in [0.25, 0.3) is 0 Å². The molecule has 2 aromatic carbocycles. The summed E-state index contributed by atoms with van der Waals surface area (Å²) in [4.78, 5) is 1.91. The normalized spacial score (nSPS) is 12.2. The number of anilines is 1. The molecular weight excluding hydrogens is 407 g/mol. The minimum Gasteiger partial charge on any atom is -0.484 e. The van der Waals surface area contributed by atoms with Gasteiger partial charge in [-0.3, -0.25) is 0 Å². The van der Waals surface area contributed by atoms with Crippen molar-refractivity contribution in [1.29, 1.82) is 0 Å². The molecule has 0 fully saturated rings. The van der Waals surface area contributed by atoms with Gasteiger partial charge in [-0.05, 0) is 50.7 Å². The van der Waals surface area contributed by atoms with Gasteiger partial charge in [0.1, 0.15) is 23.2 Å². The lowest BCUT2D eigenvalue weighted by Crippen LogP contribution is -2.22. The van der Waals surface area contributed by atoms with Crippen LogP contribution in [0.3, 0.4) is 0 Å². The summed E-state index contributed by atoms with van der Waals surface area (Å²) in [5, 5.41) is 17.6. The van der Waals surface area contributed by atoms with Crippen LogP contribution in [0.15, 0.2) is 48.5 Å². The second kappa shape index (κ2) is 8.92. The van der Waals surface area contributed by atoms with Crippen LogP contribution in [0, 0.1) is 19.7 Å². The third-order valence-electron chi connectivity index (χ3n) is 5.36. The van der Waals surface area contributed by atoms with Crippen LogP contribution >= 0.6 is 0 Å². The number of benzene rings is 2. The molecule has 2 aromatic heterocycles. The highest BCUT2D eigenvalue weighted by atomic mass is 19.1. The van der Waals surface area contributed by atoms with Crippen LogP contribution < -0.4 is 15.0 Å². The Morgan fingerprint density at radius 1 is 1.09 bits per heavy atom. The van der Waals surface area contributed by atoms with Crippen molar-refractivity contribution >= 4 is 16.7 Å². The lowest BCUT2D eigenvalue weighted by molar-refractivity contribution is 0.204. The molecule has 2 heterocycles. The molecule has 0 spiro atoms. The van der Waals surface area contributed by atoms with E-state index in [0.717, 1.165) is 39.4 Å². The summed E-state index contributed by atoms with van der Waals surface area (Å²) in [5.41, 5.74) is 4.25. The molecule has 7 nitrogen and oxygen atoms in total. The van der Waals surface area contributed by atoms with Crippen LogP contribution in [0.4, 0.5) is 10.2 Å². The monoisotopic (exact) mass is 434 g/mol. The molecule has 0 aliphatic carbocycles. The molecule has 166 valence electrons. The Labute approximate surface area is 186 Å². The fourth-order valence-corrected chi connectivity index (χ4v) is 3.84. The maximum atomic E-state index is 13.8. The number of hydrogen-bond donors (Lipinski definition) is 1. The minimum absolute atomic E-state index is 0.283. The average molecular weight is 435 g/mol. The topological polar surface area (TPSA) is 68.1 Å². The summed E-state index contributed by atoms with van der Waals surface area (Å²) in [7, 11) is 5.70. The van der Waals surface area contributed by atoms with Gasteiger partial charge in [0.05, 0.1) is 22.5 Å². The first-order valence-electron chi connectivity index (χ1n) is 10.5. The summed E-state index contributed by atoms with van der Waals surface area (Å²) < 4.78 is 21.9. The van der Waals surface area contributed by atoms with Crippen molar-refractivity contribution in [2.45, 2.75) is 20.0 Å². The zero-order chi connectivity index (χ0) is 22.8. The molecule has 1 N–H and O–H groups in total. The van der Waals surface area contributed by atoms with Crippen molar-refractivity contribution in [1.82, 2.24) is 25.3 Å². The Bertz CT molecular complexity index is 1250. The van der Waals surface area contributed by atoms with E-state index in [9.17, 15) is 4.39 Å². The molecule has 0 saturated carbocycles. The molecule has 0 aliphatic heterocycles. The van der Waals surface area contributed by atoms with E-state index in [1.807, 2.05) is 74.9 Å². The van der Waals surface area contributed by atoms with Gasteiger partial charge in [-0.25, -0.2) is 9.07 Å². The van der Waals surface area contributed by atoms with E-state index in [-0.39, 0.29) is 11.9 Å². The second-order valence-electron chi connectivity index (χ2n) is 7.94. The highest BCUT2D eigenvalue weighted by Crippen LogP contribution is 2.30. The molecule has 4 aromatic rings. The highest BCUT2D eigenvalue weighted by Gasteiger charge is 2.19. The number of hydrogen-bond acceptors (Lipinski definition) is 6. The van der Waals surface area contributed by atoms with Crippen LogP contribution in [0.5, 0.6) is 5.75 Å². The fraction of sp³-hybridized carbons (Fsp3) is 0.292. The van der Waals surface area contributed by atoms with Crippen molar-refractivity contribution in [3.63, 3.8) is 0 Å². The number of likely N-dealkylation sites (N-methyl/N-ethyl adjacent to an activating group) is 1. The number of ether oxygens (including phenoxy) is 1. The molecular formula is C24H27FN6O. The summed E-state index contributed by atoms with van der Waals surface area (Å²) in [6.07, 6.45) is -0.334. The third kappa shape index (κ3) is 4.13. The van der Waals surface area contributed by atoms with Gasteiger partial charge in [-0.15, -0.1) is 5.10 Å². The highest BCUT2D eigenvalue weighted by molar-refractivity contribution is 5.92. The molecule has 4 rings (SSSR count). The molecule has 0 aliphatic rings. The largest absolute Gasteiger partial charge is 0.484 e. The van der Waals surface area contributed by atoms with E-state index in [1.54, 1.807) is 6.07 Å².